The van der Waals surface area contributed by atoms with E-state index in [-0.39, 0.29) is 6.42 Å². The van der Waals surface area contributed by atoms with Crippen molar-refractivity contribution in [3.8, 4) is 6.07 Å². The van der Waals surface area contributed by atoms with E-state index < -0.39 is 17.5 Å². The molecule has 0 aliphatic heterocycles. The zero-order valence-corrected chi connectivity index (χ0v) is 7.24. The molecule has 0 aromatic carbocycles. The number of rotatable bonds is 4. The van der Waals surface area contributed by atoms with E-state index >= 15 is 0 Å². The normalized spacial score (nSPS) is 17.5. The third-order valence-corrected chi connectivity index (χ3v) is 2.12. The van der Waals surface area contributed by atoms with Crippen LogP contribution in [0.4, 0.5) is 0 Å². The fourth-order valence-corrected chi connectivity index (χ4v) is 1.05. The number of carbonyl (C=O) groups is 1. The molecule has 4 heteroatoms. The summed E-state index contributed by atoms with van der Waals surface area (Å²) in [5, 5.41) is 26.4. The van der Waals surface area contributed by atoms with Crippen LogP contribution >= 0.6 is 0 Å². The highest BCUT2D eigenvalue weighted by atomic mass is 16.4. The van der Waals surface area contributed by atoms with Crippen molar-refractivity contribution in [2.75, 3.05) is 0 Å². The summed E-state index contributed by atoms with van der Waals surface area (Å²) in [6, 6.07) is 1.87. The van der Waals surface area contributed by atoms with Gasteiger partial charge in [-0.05, 0) is 13.3 Å². The van der Waals surface area contributed by atoms with Gasteiger partial charge in [-0.3, -0.25) is 4.79 Å². The van der Waals surface area contributed by atoms with E-state index in [9.17, 15) is 9.90 Å². The maximum atomic E-state index is 10.4. The third-order valence-electron chi connectivity index (χ3n) is 2.12. The van der Waals surface area contributed by atoms with Gasteiger partial charge in [-0.25, -0.2) is 0 Å². The number of aliphatic carboxylic acids is 1. The molecule has 0 saturated heterocycles. The fraction of sp³-hybridized carbons (Fsp3) is 0.750. The molecule has 0 radical (unpaired) electrons. The second kappa shape index (κ2) is 4.07. The van der Waals surface area contributed by atoms with Crippen molar-refractivity contribution < 1.29 is 15.0 Å². The van der Waals surface area contributed by atoms with Crippen molar-refractivity contribution in [1.82, 2.24) is 0 Å². The molecular formula is C8H13NO3. The number of carboxylic acid groups (broad SMARTS) is 1. The van der Waals surface area contributed by atoms with Gasteiger partial charge in [-0.2, -0.15) is 5.26 Å². The first-order valence-electron chi connectivity index (χ1n) is 3.79. The van der Waals surface area contributed by atoms with E-state index in [1.165, 1.54) is 6.92 Å². The molecule has 0 rings (SSSR count). The Morgan fingerprint density at radius 2 is 2.25 bits per heavy atom. The summed E-state index contributed by atoms with van der Waals surface area (Å²) in [4.78, 5) is 10.4. The number of carboxylic acids is 1. The first kappa shape index (κ1) is 10.9. The zero-order chi connectivity index (χ0) is 9.78. The zero-order valence-electron chi connectivity index (χ0n) is 7.24. The van der Waals surface area contributed by atoms with Crippen LogP contribution in [-0.4, -0.2) is 22.3 Å². The van der Waals surface area contributed by atoms with Gasteiger partial charge in [0.2, 0.25) is 0 Å². The maximum Gasteiger partial charge on any atom is 0.305 e. The number of aliphatic hydroxyl groups excluding tert-OH is 1. The van der Waals surface area contributed by atoms with E-state index in [0.717, 1.165) is 0 Å². The summed E-state index contributed by atoms with van der Waals surface area (Å²) in [7, 11) is 0. The van der Waals surface area contributed by atoms with Crippen LogP contribution in [0.2, 0.25) is 0 Å². The molecule has 0 amide bonds. The Kier molecular flexibility index (Phi) is 3.71. The van der Waals surface area contributed by atoms with Crippen molar-refractivity contribution >= 4 is 5.97 Å². The molecule has 2 unspecified atom stereocenters. The Morgan fingerprint density at radius 1 is 1.75 bits per heavy atom. The molecule has 0 aliphatic carbocycles. The van der Waals surface area contributed by atoms with Crippen LogP contribution in [0, 0.1) is 16.7 Å². The number of aliphatic hydroxyl groups is 1. The van der Waals surface area contributed by atoms with E-state index in [1.54, 1.807) is 6.92 Å². The lowest BCUT2D eigenvalue weighted by Crippen LogP contribution is -2.33. The van der Waals surface area contributed by atoms with Gasteiger partial charge in [-0.1, -0.05) is 6.92 Å². The smallest absolute Gasteiger partial charge is 0.305 e. The molecule has 0 bridgehead atoms. The molecule has 4 nitrogen and oxygen atoms in total. The molecule has 12 heavy (non-hydrogen) atoms. The molecule has 0 aromatic heterocycles. The predicted molar refractivity (Wildman–Crippen MR) is 42.3 cm³/mol. The van der Waals surface area contributed by atoms with Crippen molar-refractivity contribution in [2.45, 2.75) is 32.8 Å². The second-order valence-electron chi connectivity index (χ2n) is 2.87. The van der Waals surface area contributed by atoms with Crippen LogP contribution in [0.25, 0.3) is 0 Å². The van der Waals surface area contributed by atoms with Gasteiger partial charge in [0.25, 0.3) is 0 Å². The lowest BCUT2D eigenvalue weighted by Gasteiger charge is -2.25. The highest BCUT2D eigenvalue weighted by Crippen LogP contribution is 2.29. The largest absolute Gasteiger partial charge is 0.481 e. The van der Waals surface area contributed by atoms with Crippen molar-refractivity contribution in [1.29, 1.82) is 5.26 Å². The van der Waals surface area contributed by atoms with Crippen LogP contribution in [0.15, 0.2) is 0 Å². The summed E-state index contributed by atoms with van der Waals surface area (Å²) in [6.45, 7) is 3.13. The quantitative estimate of drug-likeness (QED) is 0.654. The molecular weight excluding hydrogens is 158 g/mol. The Bertz CT molecular complexity index is 207. The van der Waals surface area contributed by atoms with E-state index in [2.05, 4.69) is 0 Å². The standard InChI is InChI=1S/C8H13NO3/c1-3-8(5-9,6(2)10)4-7(11)12/h6,10H,3-4H2,1-2H3,(H,11,12). The van der Waals surface area contributed by atoms with Gasteiger partial charge in [-0.15, -0.1) is 0 Å². The molecule has 0 aromatic rings. The number of hydrogen-bond acceptors (Lipinski definition) is 3. The summed E-state index contributed by atoms with van der Waals surface area (Å²) in [6.07, 6.45) is -0.880. The van der Waals surface area contributed by atoms with Crippen LogP contribution in [0.5, 0.6) is 0 Å². The summed E-state index contributed by atoms with van der Waals surface area (Å²) in [5.74, 6) is -1.06. The van der Waals surface area contributed by atoms with Gasteiger partial charge in [0, 0.05) is 0 Å². The first-order chi connectivity index (χ1) is 5.48. The van der Waals surface area contributed by atoms with Crippen LogP contribution in [-0.2, 0) is 4.79 Å². The van der Waals surface area contributed by atoms with Crippen LogP contribution in [0.1, 0.15) is 26.7 Å². The highest BCUT2D eigenvalue weighted by Gasteiger charge is 2.36. The van der Waals surface area contributed by atoms with E-state index in [0.29, 0.717) is 6.42 Å². The molecule has 0 spiro atoms. The Labute approximate surface area is 71.4 Å². The monoisotopic (exact) mass is 171 g/mol. The van der Waals surface area contributed by atoms with Gasteiger partial charge >= 0.3 is 5.97 Å². The average Bonchev–Trinajstić information content (AvgIpc) is 1.99. The summed E-state index contributed by atoms with van der Waals surface area (Å²) >= 11 is 0. The molecule has 68 valence electrons. The highest BCUT2D eigenvalue weighted by molar-refractivity contribution is 5.68. The number of nitrogens with zero attached hydrogens (tertiary/aromatic N) is 1. The lowest BCUT2D eigenvalue weighted by molar-refractivity contribution is -0.140. The topological polar surface area (TPSA) is 81.3 Å². The Balaban J connectivity index is 4.61. The Morgan fingerprint density at radius 3 is 2.33 bits per heavy atom. The molecule has 2 N–H and O–H groups in total. The second-order valence-corrected chi connectivity index (χ2v) is 2.87. The van der Waals surface area contributed by atoms with E-state index in [1.807, 2.05) is 6.07 Å². The number of nitriles is 1. The molecule has 0 heterocycles. The maximum absolute atomic E-state index is 10.4. The van der Waals surface area contributed by atoms with E-state index in [4.69, 9.17) is 10.4 Å². The SMILES string of the molecule is CCC(C#N)(CC(=O)O)C(C)O. The number of hydrogen-bond donors (Lipinski definition) is 2. The van der Waals surface area contributed by atoms with Crippen LogP contribution in [0.3, 0.4) is 0 Å². The van der Waals surface area contributed by atoms with Gasteiger partial charge in [0.1, 0.15) is 0 Å². The fourth-order valence-electron chi connectivity index (χ4n) is 1.05. The predicted octanol–water partition coefficient (Wildman–Crippen LogP) is 0.762. The minimum Gasteiger partial charge on any atom is -0.481 e. The molecule has 0 fully saturated rings. The molecule has 0 saturated carbocycles. The van der Waals surface area contributed by atoms with Gasteiger partial charge in [0.15, 0.2) is 0 Å². The van der Waals surface area contributed by atoms with Crippen LogP contribution < -0.4 is 0 Å². The minimum absolute atomic E-state index is 0.308. The third kappa shape index (κ3) is 2.21. The Hall–Kier alpha value is -1.08. The van der Waals surface area contributed by atoms with Crippen molar-refractivity contribution in [3.63, 3.8) is 0 Å². The summed E-state index contributed by atoms with van der Waals surface area (Å²) in [5.41, 5.74) is -1.13. The van der Waals surface area contributed by atoms with Crippen molar-refractivity contribution in [3.05, 3.63) is 0 Å². The molecule has 2 atom stereocenters. The lowest BCUT2D eigenvalue weighted by atomic mass is 9.79. The average molecular weight is 171 g/mol. The van der Waals surface area contributed by atoms with Crippen molar-refractivity contribution in [2.24, 2.45) is 5.41 Å². The molecule has 0 aliphatic rings. The first-order valence-corrected chi connectivity index (χ1v) is 3.79. The summed E-state index contributed by atoms with van der Waals surface area (Å²) < 4.78 is 0. The van der Waals surface area contributed by atoms with Gasteiger partial charge in [0.05, 0.1) is 24.0 Å². The minimum atomic E-state index is -1.13. The van der Waals surface area contributed by atoms with Gasteiger partial charge < -0.3 is 10.2 Å².